The zero-order chi connectivity index (χ0) is 20.6. The van der Waals surface area contributed by atoms with Gasteiger partial charge in [-0.3, -0.25) is 14.6 Å². The molecule has 2 fully saturated rings. The average molecular weight is 401 g/mol. The molecule has 6 heteroatoms. The molecular weight excluding hydrogens is 364 g/mol. The summed E-state index contributed by atoms with van der Waals surface area (Å²) in [6, 6.07) is 4.43. The summed E-state index contributed by atoms with van der Waals surface area (Å²) in [6.45, 7) is 8.62. The van der Waals surface area contributed by atoms with E-state index in [1.165, 1.54) is 0 Å². The lowest BCUT2D eigenvalue weighted by Gasteiger charge is -2.41. The van der Waals surface area contributed by atoms with E-state index >= 15 is 0 Å². The first kappa shape index (κ1) is 21.8. The van der Waals surface area contributed by atoms with E-state index in [1.54, 1.807) is 12.4 Å². The molecule has 0 bridgehead atoms. The Labute approximate surface area is 175 Å². The van der Waals surface area contributed by atoms with Crippen LogP contribution in [0.3, 0.4) is 0 Å². The van der Waals surface area contributed by atoms with E-state index in [2.05, 4.69) is 33.9 Å². The third-order valence-corrected chi connectivity index (χ3v) is 6.36. The molecule has 1 aromatic heterocycles. The van der Waals surface area contributed by atoms with Gasteiger partial charge in [0, 0.05) is 50.4 Å². The van der Waals surface area contributed by atoms with Crippen molar-refractivity contribution in [1.29, 1.82) is 0 Å². The number of aromatic nitrogens is 1. The maximum atomic E-state index is 12.5. The largest absolute Gasteiger partial charge is 0.352 e. The van der Waals surface area contributed by atoms with Gasteiger partial charge in [0.15, 0.2) is 0 Å². The number of nitrogens with zero attached hydrogens (tertiary/aromatic N) is 3. The number of likely N-dealkylation sites (tertiary alicyclic amines) is 2. The lowest BCUT2D eigenvalue weighted by Crippen LogP contribution is -2.50. The molecule has 2 amide bonds. The number of amides is 2. The molecule has 0 saturated carbocycles. The van der Waals surface area contributed by atoms with E-state index in [0.29, 0.717) is 30.8 Å². The number of pyridine rings is 1. The third-order valence-electron chi connectivity index (χ3n) is 6.36. The van der Waals surface area contributed by atoms with Gasteiger partial charge in [-0.15, -0.1) is 0 Å². The Hall–Kier alpha value is -1.95. The standard InChI is InChI=1S/C23H36N4O2/c1-18(2)5-6-22(28)27-14-9-21(10-15-27)26-12-7-20(8-13-26)23(29)25-17-19-4-3-11-24-16-19/h3-4,11,16,18,20-21H,5-10,12-15,17H2,1-2H3,(H,25,29). The Morgan fingerprint density at radius 3 is 2.48 bits per heavy atom. The van der Waals surface area contributed by atoms with Crippen LogP contribution in [-0.4, -0.2) is 58.8 Å². The van der Waals surface area contributed by atoms with Gasteiger partial charge in [0.1, 0.15) is 0 Å². The minimum atomic E-state index is 0.112. The molecule has 0 radical (unpaired) electrons. The van der Waals surface area contributed by atoms with Crippen molar-refractivity contribution in [2.24, 2.45) is 11.8 Å². The summed E-state index contributed by atoms with van der Waals surface area (Å²) in [7, 11) is 0. The van der Waals surface area contributed by atoms with Gasteiger partial charge in [-0.25, -0.2) is 0 Å². The molecule has 160 valence electrons. The highest BCUT2D eigenvalue weighted by molar-refractivity contribution is 5.78. The third kappa shape index (κ3) is 6.53. The van der Waals surface area contributed by atoms with E-state index in [1.807, 2.05) is 12.1 Å². The van der Waals surface area contributed by atoms with E-state index in [4.69, 9.17) is 0 Å². The maximum absolute atomic E-state index is 12.5. The van der Waals surface area contributed by atoms with Gasteiger partial charge in [-0.2, -0.15) is 0 Å². The number of piperidine rings is 2. The Morgan fingerprint density at radius 1 is 1.14 bits per heavy atom. The first-order valence-corrected chi connectivity index (χ1v) is 11.2. The first-order valence-electron chi connectivity index (χ1n) is 11.2. The fraction of sp³-hybridized carbons (Fsp3) is 0.696. The van der Waals surface area contributed by atoms with Crippen molar-refractivity contribution in [1.82, 2.24) is 20.1 Å². The monoisotopic (exact) mass is 400 g/mol. The molecule has 2 aliphatic rings. The Morgan fingerprint density at radius 2 is 1.86 bits per heavy atom. The van der Waals surface area contributed by atoms with Crippen LogP contribution in [0.2, 0.25) is 0 Å². The van der Waals surface area contributed by atoms with E-state index in [-0.39, 0.29) is 11.8 Å². The Balaban J connectivity index is 1.35. The van der Waals surface area contributed by atoms with Crippen LogP contribution in [0.25, 0.3) is 0 Å². The summed E-state index contributed by atoms with van der Waals surface area (Å²) in [5.74, 6) is 1.18. The van der Waals surface area contributed by atoms with Gasteiger partial charge < -0.3 is 15.1 Å². The van der Waals surface area contributed by atoms with E-state index in [9.17, 15) is 9.59 Å². The van der Waals surface area contributed by atoms with Crippen LogP contribution < -0.4 is 5.32 Å². The second kappa shape index (κ2) is 10.7. The van der Waals surface area contributed by atoms with Crippen molar-refractivity contribution in [3.63, 3.8) is 0 Å². The van der Waals surface area contributed by atoms with Crippen LogP contribution >= 0.6 is 0 Å². The van der Waals surface area contributed by atoms with Gasteiger partial charge in [0.05, 0.1) is 0 Å². The van der Waals surface area contributed by atoms with Crippen LogP contribution in [0.15, 0.2) is 24.5 Å². The van der Waals surface area contributed by atoms with Crippen molar-refractivity contribution in [2.75, 3.05) is 26.2 Å². The lowest BCUT2D eigenvalue weighted by atomic mass is 9.92. The van der Waals surface area contributed by atoms with Crippen molar-refractivity contribution >= 4 is 11.8 Å². The summed E-state index contributed by atoms with van der Waals surface area (Å²) in [5.41, 5.74) is 1.04. The number of nitrogens with one attached hydrogen (secondary N) is 1. The molecule has 1 N–H and O–H groups in total. The molecule has 3 heterocycles. The van der Waals surface area contributed by atoms with Gasteiger partial charge in [0.25, 0.3) is 0 Å². The molecule has 29 heavy (non-hydrogen) atoms. The highest BCUT2D eigenvalue weighted by Gasteiger charge is 2.31. The zero-order valence-corrected chi connectivity index (χ0v) is 18.0. The molecule has 6 nitrogen and oxygen atoms in total. The molecule has 0 unspecified atom stereocenters. The molecule has 2 saturated heterocycles. The Bertz CT molecular complexity index is 648. The second-order valence-electron chi connectivity index (χ2n) is 8.93. The highest BCUT2D eigenvalue weighted by atomic mass is 16.2. The molecule has 0 atom stereocenters. The summed E-state index contributed by atoms with van der Waals surface area (Å²) in [5, 5.41) is 3.06. The molecule has 0 aliphatic carbocycles. The maximum Gasteiger partial charge on any atom is 0.223 e. The minimum absolute atomic E-state index is 0.112. The number of rotatable bonds is 7. The quantitative estimate of drug-likeness (QED) is 0.764. The molecule has 0 spiro atoms. The van der Waals surface area contributed by atoms with Crippen LogP contribution in [0.4, 0.5) is 0 Å². The van der Waals surface area contributed by atoms with Crippen molar-refractivity contribution in [2.45, 2.75) is 65.0 Å². The van der Waals surface area contributed by atoms with Crippen molar-refractivity contribution in [3.05, 3.63) is 30.1 Å². The fourth-order valence-electron chi connectivity index (χ4n) is 4.41. The first-order chi connectivity index (χ1) is 14.0. The zero-order valence-electron chi connectivity index (χ0n) is 18.0. The fourth-order valence-corrected chi connectivity index (χ4v) is 4.41. The van der Waals surface area contributed by atoms with Gasteiger partial charge in [-0.05, 0) is 62.7 Å². The summed E-state index contributed by atoms with van der Waals surface area (Å²) in [4.78, 5) is 33.5. The van der Waals surface area contributed by atoms with Crippen LogP contribution in [-0.2, 0) is 16.1 Å². The van der Waals surface area contributed by atoms with Crippen LogP contribution in [0.5, 0.6) is 0 Å². The number of hydrogen-bond donors (Lipinski definition) is 1. The van der Waals surface area contributed by atoms with Crippen LogP contribution in [0, 0.1) is 11.8 Å². The van der Waals surface area contributed by atoms with Gasteiger partial charge in [-0.1, -0.05) is 19.9 Å². The summed E-state index contributed by atoms with van der Waals surface area (Å²) in [6.07, 6.45) is 9.17. The van der Waals surface area contributed by atoms with Gasteiger partial charge in [0.2, 0.25) is 11.8 Å². The molecule has 3 rings (SSSR count). The smallest absolute Gasteiger partial charge is 0.223 e. The Kier molecular flexibility index (Phi) is 8.04. The molecule has 0 aromatic carbocycles. The summed E-state index contributed by atoms with van der Waals surface area (Å²) >= 11 is 0. The number of hydrogen-bond acceptors (Lipinski definition) is 4. The number of carbonyl (C=O) groups excluding carboxylic acids is 2. The van der Waals surface area contributed by atoms with Gasteiger partial charge >= 0.3 is 0 Å². The van der Waals surface area contributed by atoms with E-state index in [0.717, 1.165) is 63.8 Å². The molecule has 1 aromatic rings. The molecular formula is C23H36N4O2. The van der Waals surface area contributed by atoms with Crippen molar-refractivity contribution < 1.29 is 9.59 Å². The number of carbonyl (C=O) groups is 2. The highest BCUT2D eigenvalue weighted by Crippen LogP contribution is 2.24. The minimum Gasteiger partial charge on any atom is -0.352 e. The summed E-state index contributed by atoms with van der Waals surface area (Å²) < 4.78 is 0. The predicted octanol–water partition coefficient (Wildman–Crippen LogP) is 2.84. The van der Waals surface area contributed by atoms with E-state index < -0.39 is 0 Å². The normalized spacial score (nSPS) is 19.5. The second-order valence-corrected chi connectivity index (χ2v) is 8.93. The molecule has 2 aliphatic heterocycles. The van der Waals surface area contributed by atoms with Crippen LogP contribution in [0.1, 0.15) is 57.9 Å². The topological polar surface area (TPSA) is 65.5 Å². The average Bonchev–Trinajstić information content (AvgIpc) is 2.76. The predicted molar refractivity (Wildman–Crippen MR) is 114 cm³/mol. The SMILES string of the molecule is CC(C)CCC(=O)N1CCC(N2CCC(C(=O)NCc3cccnc3)CC2)CC1. The lowest BCUT2D eigenvalue weighted by molar-refractivity contribution is -0.133. The van der Waals surface area contributed by atoms with Crippen molar-refractivity contribution in [3.8, 4) is 0 Å².